The lowest BCUT2D eigenvalue weighted by molar-refractivity contribution is -0.137. The summed E-state index contributed by atoms with van der Waals surface area (Å²) in [7, 11) is -7.55. The Kier molecular flexibility index (Phi) is 4.73. The lowest BCUT2D eigenvalue weighted by atomic mass is 10.2. The van der Waals surface area contributed by atoms with Crippen LogP contribution < -0.4 is 0 Å². The Balaban J connectivity index is 2.71. The molecule has 0 amide bonds. The largest absolute Gasteiger partial charge is 0.480 e. The third kappa shape index (κ3) is 3.75. The van der Waals surface area contributed by atoms with Crippen LogP contribution in [0.4, 0.5) is 4.39 Å². The summed E-state index contributed by atoms with van der Waals surface area (Å²) in [5, 5.41) is 9.05. The molecule has 2 rings (SSSR count). The Morgan fingerprint density at radius 2 is 1.83 bits per heavy atom. The molecule has 1 aromatic carbocycles. The highest BCUT2D eigenvalue weighted by Crippen LogP contribution is 2.31. The van der Waals surface area contributed by atoms with Gasteiger partial charge in [-0.05, 0) is 25.1 Å². The minimum Gasteiger partial charge on any atom is -0.480 e. The highest BCUT2D eigenvalue weighted by Gasteiger charge is 2.27. The zero-order valence-corrected chi connectivity index (χ0v) is 14.6. The second kappa shape index (κ2) is 6.17. The molecule has 0 radical (unpaired) electrons. The topological polar surface area (TPSA) is 111 Å². The molecule has 1 heterocycles. The van der Waals surface area contributed by atoms with Crippen molar-refractivity contribution in [3.05, 3.63) is 29.7 Å². The number of aromatic nitrogens is 1. The number of carbonyl (C=O) groups is 1. The molecule has 7 nitrogen and oxygen atoms in total. The van der Waals surface area contributed by atoms with E-state index < -0.39 is 49.5 Å². The summed E-state index contributed by atoms with van der Waals surface area (Å²) >= 11 is 0. The number of rotatable bonds is 6. The smallest absolute Gasteiger partial charge is 0.323 e. The van der Waals surface area contributed by atoms with Crippen molar-refractivity contribution >= 4 is 36.5 Å². The van der Waals surface area contributed by atoms with Crippen molar-refractivity contribution in [3.63, 3.8) is 0 Å². The van der Waals surface area contributed by atoms with Crippen molar-refractivity contribution in [2.45, 2.75) is 18.4 Å². The fourth-order valence-electron chi connectivity index (χ4n) is 2.52. The summed E-state index contributed by atoms with van der Waals surface area (Å²) in [6.07, 6.45) is 0.919. The van der Waals surface area contributed by atoms with Crippen molar-refractivity contribution in [2.24, 2.45) is 0 Å². The number of nitrogens with zero attached hydrogens (tertiary/aromatic N) is 1. The van der Waals surface area contributed by atoms with Gasteiger partial charge in [-0.1, -0.05) is 0 Å². The molecule has 1 N–H and O–H groups in total. The number of hydrogen-bond acceptors (Lipinski definition) is 5. The van der Waals surface area contributed by atoms with Gasteiger partial charge < -0.3 is 9.67 Å². The molecule has 2 aromatic rings. The van der Waals surface area contributed by atoms with E-state index in [2.05, 4.69) is 0 Å². The minimum absolute atomic E-state index is 0.0438. The van der Waals surface area contributed by atoms with E-state index in [9.17, 15) is 26.0 Å². The zero-order valence-electron chi connectivity index (χ0n) is 13.0. The summed E-state index contributed by atoms with van der Waals surface area (Å²) in [5.74, 6) is -3.08. The van der Waals surface area contributed by atoms with Gasteiger partial charge in [-0.2, -0.15) is 0 Å². The molecule has 0 saturated heterocycles. The fraction of sp³-hybridized carbons (Fsp3) is 0.357. The standard InChI is InChI=1S/C14H16FNO6S2/c1-9-14(24(21,22)6-5-23(2,19)20)11-7-10(15)3-4-12(11)16(9)8-13(17)18/h3-4,7H,5-6,8H2,1-2H3,(H,17,18). The molecular formula is C14H16FNO6S2. The Bertz CT molecular complexity index is 1020. The van der Waals surface area contributed by atoms with Gasteiger partial charge in [0.1, 0.15) is 22.2 Å². The zero-order chi connectivity index (χ0) is 18.3. The molecular weight excluding hydrogens is 361 g/mol. The van der Waals surface area contributed by atoms with Crippen LogP contribution in [0.2, 0.25) is 0 Å². The SMILES string of the molecule is Cc1c(S(=O)(=O)CCS(C)(=O)=O)c2cc(F)ccc2n1CC(=O)O. The van der Waals surface area contributed by atoms with Crippen LogP contribution in [-0.2, 0) is 31.0 Å². The maximum atomic E-state index is 13.6. The summed E-state index contributed by atoms with van der Waals surface area (Å²) < 4.78 is 62.5. The molecule has 0 aliphatic carbocycles. The van der Waals surface area contributed by atoms with Crippen molar-refractivity contribution in [1.82, 2.24) is 4.57 Å². The predicted octanol–water partition coefficient (Wildman–Crippen LogP) is 0.992. The number of fused-ring (bicyclic) bond motifs is 1. The minimum atomic E-state index is -4.04. The van der Waals surface area contributed by atoms with Crippen molar-refractivity contribution in [1.29, 1.82) is 0 Å². The van der Waals surface area contributed by atoms with Gasteiger partial charge in [0, 0.05) is 17.3 Å². The first kappa shape index (κ1) is 18.4. The third-order valence-electron chi connectivity index (χ3n) is 3.55. The first-order valence-corrected chi connectivity index (χ1v) is 10.5. The number of carboxylic acid groups (broad SMARTS) is 1. The number of carboxylic acids is 1. The van der Waals surface area contributed by atoms with E-state index >= 15 is 0 Å². The van der Waals surface area contributed by atoms with Crippen LogP contribution in [0.3, 0.4) is 0 Å². The fourth-order valence-corrected chi connectivity index (χ4v) is 5.87. The van der Waals surface area contributed by atoms with Gasteiger partial charge in [-0.15, -0.1) is 0 Å². The average molecular weight is 377 g/mol. The maximum absolute atomic E-state index is 13.6. The summed E-state index contributed by atoms with van der Waals surface area (Å²) in [4.78, 5) is 10.8. The first-order valence-electron chi connectivity index (χ1n) is 6.83. The van der Waals surface area contributed by atoms with E-state index in [1.165, 1.54) is 17.6 Å². The van der Waals surface area contributed by atoms with Crippen LogP contribution in [0, 0.1) is 12.7 Å². The van der Waals surface area contributed by atoms with Gasteiger partial charge in [0.15, 0.2) is 9.84 Å². The second-order valence-corrected chi connectivity index (χ2v) is 9.81. The van der Waals surface area contributed by atoms with Gasteiger partial charge >= 0.3 is 5.97 Å². The lowest BCUT2D eigenvalue weighted by Crippen LogP contribution is -2.17. The number of hydrogen-bond donors (Lipinski definition) is 1. The van der Waals surface area contributed by atoms with Gasteiger partial charge in [-0.3, -0.25) is 4.79 Å². The van der Waals surface area contributed by atoms with E-state index in [1.54, 1.807) is 0 Å². The highest BCUT2D eigenvalue weighted by atomic mass is 32.2. The summed E-state index contributed by atoms with van der Waals surface area (Å²) in [5.41, 5.74) is 0.390. The third-order valence-corrected chi connectivity index (χ3v) is 6.64. The molecule has 0 fully saturated rings. The Morgan fingerprint density at radius 1 is 1.21 bits per heavy atom. The number of benzene rings is 1. The molecule has 0 atom stereocenters. The quantitative estimate of drug-likeness (QED) is 0.804. The Morgan fingerprint density at radius 3 is 2.38 bits per heavy atom. The van der Waals surface area contributed by atoms with Crippen LogP contribution in [-0.4, -0.2) is 50.2 Å². The first-order chi connectivity index (χ1) is 10.9. The molecule has 0 saturated carbocycles. The number of sulfone groups is 2. The molecule has 10 heteroatoms. The molecule has 0 bridgehead atoms. The molecule has 24 heavy (non-hydrogen) atoms. The van der Waals surface area contributed by atoms with Crippen LogP contribution >= 0.6 is 0 Å². The van der Waals surface area contributed by atoms with Gasteiger partial charge in [0.25, 0.3) is 0 Å². The molecule has 1 aromatic heterocycles. The van der Waals surface area contributed by atoms with E-state index in [0.29, 0.717) is 0 Å². The van der Waals surface area contributed by atoms with E-state index in [-0.39, 0.29) is 21.5 Å². The Labute approximate surface area is 138 Å². The van der Waals surface area contributed by atoms with Crippen molar-refractivity contribution in [3.8, 4) is 0 Å². The molecule has 0 unspecified atom stereocenters. The second-order valence-electron chi connectivity index (χ2n) is 5.50. The number of halogens is 1. The molecule has 0 spiro atoms. The molecule has 132 valence electrons. The van der Waals surface area contributed by atoms with Gasteiger partial charge in [-0.25, -0.2) is 21.2 Å². The van der Waals surface area contributed by atoms with E-state index in [0.717, 1.165) is 18.4 Å². The number of aliphatic carboxylic acids is 1. The van der Waals surface area contributed by atoms with Crippen LogP contribution in [0.1, 0.15) is 5.69 Å². The summed E-state index contributed by atoms with van der Waals surface area (Å²) in [6.45, 7) is 0.920. The van der Waals surface area contributed by atoms with E-state index in [1.807, 2.05) is 0 Å². The molecule has 0 aliphatic heterocycles. The van der Waals surface area contributed by atoms with Crippen molar-refractivity contribution < 1.29 is 31.1 Å². The molecule has 0 aliphatic rings. The van der Waals surface area contributed by atoms with Gasteiger partial charge in [0.05, 0.1) is 21.9 Å². The summed E-state index contributed by atoms with van der Waals surface area (Å²) in [6, 6.07) is 3.41. The normalized spacial score (nSPS) is 12.6. The lowest BCUT2D eigenvalue weighted by Gasteiger charge is -2.06. The van der Waals surface area contributed by atoms with Crippen molar-refractivity contribution in [2.75, 3.05) is 17.8 Å². The van der Waals surface area contributed by atoms with Crippen LogP contribution in [0.25, 0.3) is 10.9 Å². The Hall–Kier alpha value is -1.94. The average Bonchev–Trinajstić information content (AvgIpc) is 2.68. The van der Waals surface area contributed by atoms with Gasteiger partial charge in [0.2, 0.25) is 0 Å². The van der Waals surface area contributed by atoms with Crippen LogP contribution in [0.15, 0.2) is 23.1 Å². The van der Waals surface area contributed by atoms with Crippen LogP contribution in [0.5, 0.6) is 0 Å². The predicted molar refractivity (Wildman–Crippen MR) is 86.0 cm³/mol. The maximum Gasteiger partial charge on any atom is 0.323 e. The highest BCUT2D eigenvalue weighted by molar-refractivity contribution is 7.95. The monoisotopic (exact) mass is 377 g/mol. The van der Waals surface area contributed by atoms with E-state index in [4.69, 9.17) is 5.11 Å².